The number of H-pyrrole nitrogens is 1. The molecule has 0 saturated heterocycles. The van der Waals surface area contributed by atoms with E-state index in [1.807, 2.05) is 55.5 Å². The van der Waals surface area contributed by atoms with Crippen LogP contribution in [0.5, 0.6) is 5.88 Å². The first-order valence-electron chi connectivity index (χ1n) is 14.1. The predicted molar refractivity (Wildman–Crippen MR) is 166 cm³/mol. The highest BCUT2D eigenvalue weighted by molar-refractivity contribution is 6.01. The Morgan fingerprint density at radius 1 is 1.00 bits per heavy atom. The van der Waals surface area contributed by atoms with E-state index < -0.39 is 11.9 Å². The quantitative estimate of drug-likeness (QED) is 0.245. The van der Waals surface area contributed by atoms with Crippen molar-refractivity contribution in [3.63, 3.8) is 0 Å². The Labute approximate surface area is 256 Å². The van der Waals surface area contributed by atoms with Crippen LogP contribution in [0.2, 0.25) is 0 Å². The number of hydrogen-bond donors (Lipinski definition) is 3. The van der Waals surface area contributed by atoms with Crippen LogP contribution in [0.1, 0.15) is 36.9 Å². The number of pyridine rings is 1. The van der Waals surface area contributed by atoms with Crippen LogP contribution in [0.4, 0.5) is 5.69 Å². The van der Waals surface area contributed by atoms with Crippen LogP contribution in [0.3, 0.4) is 0 Å². The number of nitrogens with one attached hydrogen (secondary N) is 1. The highest BCUT2D eigenvalue weighted by Gasteiger charge is 2.36. The van der Waals surface area contributed by atoms with Gasteiger partial charge in [-0.05, 0) is 91.7 Å². The Hall–Kier alpha value is -4.35. The Bertz CT molecular complexity index is 1510. The van der Waals surface area contributed by atoms with Crippen molar-refractivity contribution in [3.05, 3.63) is 71.9 Å². The minimum absolute atomic E-state index is 0. The smallest absolute Gasteiger partial charge is 0.240 e. The Balaban J connectivity index is 0.00000423. The van der Waals surface area contributed by atoms with E-state index in [-0.39, 0.29) is 30.7 Å². The fraction of sp³-hybridized carbons (Fsp3) is 0.355. The van der Waals surface area contributed by atoms with Crippen molar-refractivity contribution in [2.24, 2.45) is 23.3 Å². The molecule has 0 bridgehead atoms. The van der Waals surface area contributed by atoms with E-state index in [0.29, 0.717) is 29.9 Å². The molecule has 2 aromatic carbocycles. The minimum Gasteiger partial charge on any atom is -0.481 e. The summed E-state index contributed by atoms with van der Waals surface area (Å²) in [4.78, 5) is 33.2. The van der Waals surface area contributed by atoms with Gasteiger partial charge < -0.3 is 16.2 Å². The maximum Gasteiger partial charge on any atom is 0.240 e. The number of benzene rings is 2. The summed E-state index contributed by atoms with van der Waals surface area (Å²) in [6.45, 7) is 2.55. The fourth-order valence-electron chi connectivity index (χ4n) is 5.68. The predicted octanol–water partition coefficient (Wildman–Crippen LogP) is 3.86. The molecule has 43 heavy (non-hydrogen) atoms. The molecule has 0 radical (unpaired) electrons. The van der Waals surface area contributed by atoms with Gasteiger partial charge in [-0.1, -0.05) is 24.3 Å². The zero-order valence-electron chi connectivity index (χ0n) is 24.3. The maximum absolute atomic E-state index is 14.1. The molecule has 1 aliphatic rings. The van der Waals surface area contributed by atoms with Crippen molar-refractivity contribution >= 4 is 29.9 Å². The molecule has 2 amide bonds. The van der Waals surface area contributed by atoms with E-state index in [1.54, 1.807) is 24.1 Å². The van der Waals surface area contributed by atoms with Crippen LogP contribution in [-0.2, 0) is 16.0 Å². The molecular weight excluding hydrogens is 568 g/mol. The lowest BCUT2D eigenvalue weighted by atomic mass is 9.81. The summed E-state index contributed by atoms with van der Waals surface area (Å²) in [6.07, 6.45) is 3.51. The van der Waals surface area contributed by atoms with Crippen LogP contribution in [0.25, 0.3) is 22.5 Å². The number of rotatable bonds is 10. The van der Waals surface area contributed by atoms with Gasteiger partial charge in [0.25, 0.3) is 0 Å². The molecule has 5 N–H and O–H groups in total. The van der Waals surface area contributed by atoms with Gasteiger partial charge >= 0.3 is 0 Å². The highest BCUT2D eigenvalue weighted by Crippen LogP contribution is 2.33. The standard InChI is InChI=1S/C31H36N8O3.ClH/c1-19-26(15-16-28(34-19)42-2)22-7-3-20(4-8-22)17-27(29(33)40)39(31(41)24-9-5-21(18-32)6-10-24)25-13-11-23(12-14-25)30-35-37-38-36-30;/h3-4,7-8,11-16,21,24,27H,5-6,9-10,17-18,32H2,1-2H3,(H2,33,40)(H,35,36,37,38);1H/t21-,24-,27-;/m0./s1. The Kier molecular flexibility index (Phi) is 10.4. The van der Waals surface area contributed by atoms with E-state index in [0.717, 1.165) is 53.6 Å². The molecule has 2 aromatic heterocycles. The van der Waals surface area contributed by atoms with Gasteiger partial charge in [0.15, 0.2) is 0 Å². The highest BCUT2D eigenvalue weighted by atomic mass is 35.5. The summed E-state index contributed by atoms with van der Waals surface area (Å²) < 4.78 is 5.23. The average Bonchev–Trinajstić information content (AvgIpc) is 3.56. The van der Waals surface area contributed by atoms with Crippen LogP contribution in [0.15, 0.2) is 60.7 Å². The molecule has 1 aliphatic carbocycles. The zero-order valence-corrected chi connectivity index (χ0v) is 25.1. The molecule has 0 aliphatic heterocycles. The first-order valence-corrected chi connectivity index (χ1v) is 14.1. The van der Waals surface area contributed by atoms with E-state index in [2.05, 4.69) is 25.6 Å². The third kappa shape index (κ3) is 7.18. The second-order valence-electron chi connectivity index (χ2n) is 10.7. The minimum atomic E-state index is -0.879. The number of tetrazole rings is 1. The number of primary amides is 1. The number of ether oxygens (including phenoxy) is 1. The van der Waals surface area contributed by atoms with Crippen molar-refractivity contribution < 1.29 is 14.3 Å². The molecule has 4 aromatic rings. The number of amides is 2. The third-order valence-electron chi connectivity index (χ3n) is 8.12. The van der Waals surface area contributed by atoms with Crippen molar-refractivity contribution in [2.75, 3.05) is 18.6 Å². The van der Waals surface area contributed by atoms with Gasteiger partial charge in [0, 0.05) is 40.9 Å². The molecule has 1 atom stereocenters. The average molecular weight is 605 g/mol. The molecule has 0 spiro atoms. The topological polar surface area (TPSA) is 166 Å². The van der Waals surface area contributed by atoms with Gasteiger partial charge in [-0.15, -0.1) is 22.6 Å². The third-order valence-corrected chi connectivity index (χ3v) is 8.12. The first kappa shape index (κ1) is 31.6. The Morgan fingerprint density at radius 3 is 2.23 bits per heavy atom. The molecule has 5 rings (SSSR count). The van der Waals surface area contributed by atoms with Gasteiger partial charge in [0.2, 0.25) is 23.5 Å². The fourth-order valence-corrected chi connectivity index (χ4v) is 5.68. The van der Waals surface area contributed by atoms with Crippen molar-refractivity contribution in [1.29, 1.82) is 0 Å². The summed E-state index contributed by atoms with van der Waals surface area (Å²) >= 11 is 0. The molecular formula is C31H37ClN8O3. The second-order valence-corrected chi connectivity index (χ2v) is 10.7. The van der Waals surface area contributed by atoms with E-state index in [4.69, 9.17) is 16.2 Å². The van der Waals surface area contributed by atoms with Gasteiger partial charge in [-0.2, -0.15) is 5.21 Å². The largest absolute Gasteiger partial charge is 0.481 e. The molecule has 226 valence electrons. The monoisotopic (exact) mass is 604 g/mol. The number of nitrogens with two attached hydrogens (primary N) is 2. The lowest BCUT2D eigenvalue weighted by Crippen LogP contribution is -2.52. The summed E-state index contributed by atoms with van der Waals surface area (Å²) in [5, 5.41) is 14.1. The molecule has 2 heterocycles. The number of hydrogen-bond acceptors (Lipinski definition) is 8. The van der Waals surface area contributed by atoms with E-state index in [9.17, 15) is 9.59 Å². The number of carbonyl (C=O) groups excluding carboxylic acids is 2. The SMILES string of the molecule is COc1ccc(-c2ccc(C[C@@H](C(N)=O)N(c3ccc(-c4nn[nH]n4)cc3)C(=O)[C@H]3CC[C@H](CN)CC3)cc2)c(C)n1.Cl. The van der Waals surface area contributed by atoms with Gasteiger partial charge in [0.05, 0.1) is 7.11 Å². The first-order chi connectivity index (χ1) is 20.4. The van der Waals surface area contributed by atoms with E-state index in [1.165, 1.54) is 0 Å². The molecule has 1 fully saturated rings. The number of anilines is 1. The van der Waals surface area contributed by atoms with Gasteiger partial charge in [0.1, 0.15) is 6.04 Å². The van der Waals surface area contributed by atoms with Crippen molar-refractivity contribution in [1.82, 2.24) is 25.6 Å². The number of nitrogens with zero attached hydrogens (tertiary/aromatic N) is 5. The lowest BCUT2D eigenvalue weighted by Gasteiger charge is -2.35. The summed E-state index contributed by atoms with van der Waals surface area (Å²) in [5.41, 5.74) is 16.9. The lowest BCUT2D eigenvalue weighted by molar-refractivity contribution is -0.127. The van der Waals surface area contributed by atoms with Crippen LogP contribution in [0, 0.1) is 18.8 Å². The molecule has 0 unspecified atom stereocenters. The number of aromatic nitrogens is 5. The maximum atomic E-state index is 14.1. The molecule has 12 heteroatoms. The van der Waals surface area contributed by atoms with E-state index >= 15 is 0 Å². The Morgan fingerprint density at radius 2 is 1.67 bits per heavy atom. The van der Waals surface area contributed by atoms with Gasteiger partial charge in [-0.25, -0.2) is 4.98 Å². The summed E-state index contributed by atoms with van der Waals surface area (Å²) in [5.74, 6) is 0.543. The normalized spacial score (nSPS) is 17.0. The van der Waals surface area contributed by atoms with Gasteiger partial charge in [-0.3, -0.25) is 14.5 Å². The zero-order chi connectivity index (χ0) is 29.6. The van der Waals surface area contributed by atoms with Crippen molar-refractivity contribution in [2.45, 2.75) is 45.1 Å². The van der Waals surface area contributed by atoms with Crippen molar-refractivity contribution in [3.8, 4) is 28.4 Å². The number of aromatic amines is 1. The molecule has 11 nitrogen and oxygen atoms in total. The summed E-state index contributed by atoms with van der Waals surface area (Å²) in [7, 11) is 1.59. The van der Waals surface area contributed by atoms with Crippen LogP contribution < -0.4 is 21.1 Å². The van der Waals surface area contributed by atoms with Crippen LogP contribution in [-0.4, -0.2) is 57.1 Å². The molecule has 1 saturated carbocycles. The number of methoxy groups -OCH3 is 1. The number of aryl methyl sites for hydroxylation is 1. The number of halogens is 1. The summed E-state index contributed by atoms with van der Waals surface area (Å²) in [6, 6.07) is 18.0. The number of carbonyl (C=O) groups is 2. The second kappa shape index (κ2) is 14.2. The van der Waals surface area contributed by atoms with Crippen LogP contribution >= 0.6 is 12.4 Å².